The van der Waals surface area contributed by atoms with Gasteiger partial charge in [0.05, 0.1) is 27.7 Å². The van der Waals surface area contributed by atoms with E-state index in [1.165, 1.54) is 4.90 Å². The lowest BCUT2D eigenvalue weighted by molar-refractivity contribution is 0.0652. The summed E-state index contributed by atoms with van der Waals surface area (Å²) >= 11 is 0. The second-order valence-electron chi connectivity index (χ2n) is 7.76. The lowest BCUT2D eigenvalue weighted by atomic mass is 9.97. The first-order valence-corrected chi connectivity index (χ1v) is 11.5. The summed E-state index contributed by atoms with van der Waals surface area (Å²) in [6.45, 7) is 0.0314. The molecular weight excluding hydrogens is 402 g/mol. The molecule has 1 saturated carbocycles. The van der Waals surface area contributed by atoms with E-state index >= 15 is 0 Å². The number of hydrogen-bond acceptors (Lipinski definition) is 5. The molecule has 4 rings (SSSR count). The number of amides is 2. The molecule has 1 aliphatic carbocycles. The summed E-state index contributed by atoms with van der Waals surface area (Å²) in [5.74, 6) is -0.568. The Balaban J connectivity index is 1.60. The Morgan fingerprint density at radius 2 is 1.63 bits per heavy atom. The van der Waals surface area contributed by atoms with Crippen molar-refractivity contribution in [1.82, 2.24) is 4.90 Å². The number of imide groups is 1. The Hall–Kier alpha value is -3.00. The minimum atomic E-state index is -3.32. The minimum Gasteiger partial charge on any atom is -0.387 e. The van der Waals surface area contributed by atoms with E-state index in [-0.39, 0.29) is 40.8 Å². The largest absolute Gasteiger partial charge is 0.387 e. The third-order valence-corrected chi connectivity index (χ3v) is 7.55. The molecule has 1 atom stereocenters. The van der Waals surface area contributed by atoms with Gasteiger partial charge < -0.3 is 5.73 Å². The van der Waals surface area contributed by atoms with Gasteiger partial charge in [-0.3, -0.25) is 19.5 Å². The lowest BCUT2D eigenvalue weighted by Gasteiger charge is -2.23. The average molecular weight is 426 g/mol. The van der Waals surface area contributed by atoms with Crippen molar-refractivity contribution in [2.75, 3.05) is 19.3 Å². The fraction of sp³-hybridized carbons (Fsp3) is 0.318. The zero-order valence-corrected chi connectivity index (χ0v) is 17.4. The number of hydrogen-bond donors (Lipinski definition) is 1. The second-order valence-corrected chi connectivity index (χ2v) is 9.80. The summed E-state index contributed by atoms with van der Waals surface area (Å²) in [6.07, 6.45) is 1.92. The molecule has 7 nitrogen and oxygen atoms in total. The molecule has 2 aliphatic rings. The Morgan fingerprint density at radius 1 is 1.07 bits per heavy atom. The Labute approximate surface area is 175 Å². The molecule has 2 amide bonds. The highest BCUT2D eigenvalue weighted by Crippen LogP contribution is 2.33. The van der Waals surface area contributed by atoms with Crippen LogP contribution in [0.3, 0.4) is 0 Å². The van der Waals surface area contributed by atoms with Crippen LogP contribution in [0.4, 0.5) is 0 Å². The molecule has 0 saturated heterocycles. The molecule has 30 heavy (non-hydrogen) atoms. The third-order valence-electron chi connectivity index (χ3n) is 5.65. The summed E-state index contributed by atoms with van der Waals surface area (Å²) < 4.78 is 25.0. The van der Waals surface area contributed by atoms with Crippen molar-refractivity contribution in [3.8, 4) is 0 Å². The maximum atomic E-state index is 12.7. The zero-order chi connectivity index (χ0) is 21.5. The monoisotopic (exact) mass is 425 g/mol. The predicted molar refractivity (Wildman–Crippen MR) is 113 cm³/mol. The van der Waals surface area contributed by atoms with Gasteiger partial charge in [-0.05, 0) is 48.6 Å². The molecule has 1 heterocycles. The van der Waals surface area contributed by atoms with E-state index in [1.54, 1.807) is 55.6 Å². The Kier molecular flexibility index (Phi) is 5.19. The number of nitrogens with zero attached hydrogens (tertiary/aromatic N) is 2. The first-order chi connectivity index (χ1) is 14.3. The molecule has 8 heteroatoms. The van der Waals surface area contributed by atoms with E-state index in [0.29, 0.717) is 16.7 Å². The van der Waals surface area contributed by atoms with E-state index in [1.807, 2.05) is 0 Å². The molecule has 0 spiro atoms. The highest BCUT2D eigenvalue weighted by molar-refractivity contribution is 7.91. The van der Waals surface area contributed by atoms with Gasteiger partial charge in [0.1, 0.15) is 5.84 Å². The Morgan fingerprint density at radius 3 is 2.13 bits per heavy atom. The quantitative estimate of drug-likeness (QED) is 0.416. The van der Waals surface area contributed by atoms with Crippen LogP contribution in [0, 0.1) is 5.92 Å². The van der Waals surface area contributed by atoms with Crippen LogP contribution in [-0.2, 0) is 9.84 Å². The van der Waals surface area contributed by atoms with Gasteiger partial charge in [0, 0.05) is 13.6 Å². The number of carbonyl (C=O) groups excluding carboxylic acids is 2. The van der Waals surface area contributed by atoms with Crippen molar-refractivity contribution in [2.45, 2.75) is 23.7 Å². The van der Waals surface area contributed by atoms with Gasteiger partial charge in [-0.2, -0.15) is 0 Å². The molecule has 1 aliphatic heterocycles. The molecule has 156 valence electrons. The minimum absolute atomic E-state index is 0.0314. The summed E-state index contributed by atoms with van der Waals surface area (Å²) in [4.78, 5) is 30.9. The fourth-order valence-electron chi connectivity index (χ4n) is 3.71. The van der Waals surface area contributed by atoms with Crippen LogP contribution in [0.25, 0.3) is 0 Å². The van der Waals surface area contributed by atoms with E-state index in [2.05, 4.69) is 4.99 Å². The smallest absolute Gasteiger partial charge is 0.261 e. The van der Waals surface area contributed by atoms with Crippen molar-refractivity contribution < 1.29 is 18.0 Å². The van der Waals surface area contributed by atoms with Gasteiger partial charge in [-0.25, -0.2) is 8.42 Å². The number of aliphatic imine (C=N–C) groups is 1. The van der Waals surface area contributed by atoms with Crippen molar-refractivity contribution in [3.63, 3.8) is 0 Å². The van der Waals surface area contributed by atoms with Gasteiger partial charge in [0.15, 0.2) is 9.84 Å². The number of amidine groups is 1. The number of benzene rings is 2. The topological polar surface area (TPSA) is 110 Å². The van der Waals surface area contributed by atoms with Crippen molar-refractivity contribution >= 4 is 27.5 Å². The summed E-state index contributed by atoms with van der Waals surface area (Å²) in [6, 6.07) is 13.2. The van der Waals surface area contributed by atoms with Gasteiger partial charge >= 0.3 is 0 Å². The van der Waals surface area contributed by atoms with Crippen molar-refractivity contribution in [3.05, 3.63) is 65.2 Å². The summed E-state index contributed by atoms with van der Waals surface area (Å²) in [5.41, 5.74) is 7.54. The van der Waals surface area contributed by atoms with Crippen LogP contribution >= 0.6 is 0 Å². The van der Waals surface area contributed by atoms with E-state index in [4.69, 9.17) is 5.73 Å². The highest BCUT2D eigenvalue weighted by Gasteiger charge is 2.37. The normalized spacial score (nSPS) is 17.9. The fourth-order valence-corrected chi connectivity index (χ4v) is 5.41. The number of nitrogens with two attached hydrogens (primary N) is 1. The van der Waals surface area contributed by atoms with Gasteiger partial charge in [0.2, 0.25) is 0 Å². The van der Waals surface area contributed by atoms with E-state index in [9.17, 15) is 18.0 Å². The van der Waals surface area contributed by atoms with Crippen LogP contribution in [0.5, 0.6) is 0 Å². The van der Waals surface area contributed by atoms with E-state index < -0.39 is 15.8 Å². The first-order valence-electron chi connectivity index (χ1n) is 9.82. The van der Waals surface area contributed by atoms with Crippen LogP contribution in [-0.4, -0.2) is 50.3 Å². The van der Waals surface area contributed by atoms with E-state index in [0.717, 1.165) is 12.8 Å². The molecule has 0 bridgehead atoms. The number of fused-ring (bicyclic) bond motifs is 1. The van der Waals surface area contributed by atoms with Crippen molar-refractivity contribution in [2.24, 2.45) is 16.6 Å². The first kappa shape index (κ1) is 20.3. The molecule has 0 radical (unpaired) electrons. The van der Waals surface area contributed by atoms with Crippen LogP contribution in [0.15, 0.2) is 58.4 Å². The van der Waals surface area contributed by atoms with Crippen molar-refractivity contribution in [1.29, 1.82) is 0 Å². The maximum absolute atomic E-state index is 12.7. The molecular formula is C22H23N3O4S. The molecule has 2 aromatic rings. The molecule has 1 fully saturated rings. The summed E-state index contributed by atoms with van der Waals surface area (Å²) in [5, 5.41) is 0. The standard InChI is InChI=1S/C22H23N3O4S/c1-24-20(23)19(12-25-21(26)17-4-2-3-5-18(17)22(25)27)15-8-10-16(11-9-15)30(28,29)13-14-6-7-14/h2-5,8-11,14,19H,6-7,12-13H2,1H3,(H2,23,24). The van der Waals surface area contributed by atoms with Gasteiger partial charge in [-0.15, -0.1) is 0 Å². The predicted octanol–water partition coefficient (Wildman–Crippen LogP) is 2.24. The van der Waals surface area contributed by atoms with Gasteiger partial charge in [-0.1, -0.05) is 24.3 Å². The summed E-state index contributed by atoms with van der Waals surface area (Å²) in [7, 11) is -1.78. The highest BCUT2D eigenvalue weighted by atomic mass is 32.2. The number of carbonyl (C=O) groups is 2. The van der Waals surface area contributed by atoms with Gasteiger partial charge in [0.25, 0.3) is 11.8 Å². The van der Waals surface area contributed by atoms with Crippen LogP contribution in [0.1, 0.15) is 45.0 Å². The lowest BCUT2D eigenvalue weighted by Crippen LogP contribution is -2.38. The number of rotatable bonds is 7. The third kappa shape index (κ3) is 3.75. The molecule has 2 N–H and O–H groups in total. The zero-order valence-electron chi connectivity index (χ0n) is 16.6. The van der Waals surface area contributed by atoms with Crippen LogP contribution < -0.4 is 5.73 Å². The SMILES string of the molecule is C/N=C(\N)C(CN1C(=O)c2ccccc2C1=O)c1ccc(S(=O)(=O)CC2CC2)cc1. The molecule has 2 aromatic carbocycles. The van der Waals surface area contributed by atoms with Crippen LogP contribution in [0.2, 0.25) is 0 Å². The second kappa shape index (κ2) is 7.68. The number of sulfone groups is 1. The maximum Gasteiger partial charge on any atom is 0.261 e. The average Bonchev–Trinajstić information content (AvgIpc) is 3.52. The molecule has 0 aromatic heterocycles. The Bertz CT molecular complexity index is 1100. The molecule has 1 unspecified atom stereocenters.